The Labute approximate surface area is 105 Å². The van der Waals surface area contributed by atoms with E-state index in [1.165, 1.54) is 19.3 Å². The molecule has 1 aromatic heterocycles. The molecule has 86 valence electrons. The van der Waals surface area contributed by atoms with Crippen LogP contribution in [0.1, 0.15) is 19.3 Å². The van der Waals surface area contributed by atoms with Crippen LogP contribution in [0.25, 0.3) is 0 Å². The maximum atomic E-state index is 11.6. The van der Waals surface area contributed by atoms with Crippen molar-refractivity contribution in [2.75, 3.05) is 0 Å². The first-order valence-corrected chi connectivity index (χ1v) is 7.06. The fourth-order valence-corrected chi connectivity index (χ4v) is 4.95. The number of halogens is 1. The summed E-state index contributed by atoms with van der Waals surface area (Å²) in [6.07, 6.45) is 5.38. The highest BCUT2D eigenvalue weighted by molar-refractivity contribution is 7.99. The van der Waals surface area contributed by atoms with Gasteiger partial charge in [-0.2, -0.15) is 4.73 Å². The van der Waals surface area contributed by atoms with Crippen LogP contribution in [-0.2, 0) is 0 Å². The van der Waals surface area contributed by atoms with Crippen molar-refractivity contribution in [2.24, 2.45) is 11.8 Å². The maximum Gasteiger partial charge on any atom is 0.251 e. The first kappa shape index (κ1) is 10.7. The van der Waals surface area contributed by atoms with Crippen LogP contribution < -0.4 is 4.73 Å². The summed E-state index contributed by atoms with van der Waals surface area (Å²) in [6.45, 7) is 0. The van der Waals surface area contributed by atoms with Gasteiger partial charge in [0.2, 0.25) is 0 Å². The van der Waals surface area contributed by atoms with Crippen LogP contribution in [0.5, 0.6) is 0 Å². The first-order valence-electron chi connectivity index (χ1n) is 5.74. The molecule has 2 aliphatic rings. The van der Waals surface area contributed by atoms with Gasteiger partial charge in [0.1, 0.15) is 0 Å². The Hall–Kier alpha value is -0.410. The number of fused-ring (bicyclic) bond motifs is 2. The lowest BCUT2D eigenvalue weighted by molar-refractivity contribution is -0.645. The molecule has 0 amide bonds. The average Bonchev–Trinajstić information content (AvgIpc) is 2.85. The number of nitrogens with zero attached hydrogens (tertiary/aromatic N) is 1. The van der Waals surface area contributed by atoms with Crippen molar-refractivity contribution in [3.05, 3.63) is 29.6 Å². The van der Waals surface area contributed by atoms with Crippen molar-refractivity contribution in [1.29, 1.82) is 0 Å². The highest BCUT2D eigenvalue weighted by atomic mass is 35.5. The van der Waals surface area contributed by atoms with Gasteiger partial charge in [0, 0.05) is 22.8 Å². The number of rotatable bonds is 2. The van der Waals surface area contributed by atoms with E-state index in [4.69, 9.17) is 11.6 Å². The molecule has 1 aromatic rings. The van der Waals surface area contributed by atoms with Crippen molar-refractivity contribution in [3.8, 4) is 0 Å². The minimum atomic E-state index is 0.254. The molecule has 0 aromatic carbocycles. The van der Waals surface area contributed by atoms with Gasteiger partial charge in [-0.25, -0.2) is 0 Å². The SMILES string of the molecule is [O-][n+]1ccccc1S[C@H]1[C@@H]2CC[C@@H](C2)[C@H]1Cl. The van der Waals surface area contributed by atoms with Crippen LogP contribution in [0.15, 0.2) is 29.4 Å². The van der Waals surface area contributed by atoms with Crippen molar-refractivity contribution in [3.63, 3.8) is 0 Å². The zero-order chi connectivity index (χ0) is 11.1. The summed E-state index contributed by atoms with van der Waals surface area (Å²) < 4.78 is 0.945. The molecule has 2 nitrogen and oxygen atoms in total. The fraction of sp³-hybridized carbons (Fsp3) is 0.583. The third-order valence-electron chi connectivity index (χ3n) is 3.79. The summed E-state index contributed by atoms with van der Waals surface area (Å²) in [7, 11) is 0. The largest absolute Gasteiger partial charge is 0.618 e. The lowest BCUT2D eigenvalue weighted by atomic mass is 10.00. The summed E-state index contributed by atoms with van der Waals surface area (Å²) in [6, 6.07) is 5.55. The van der Waals surface area contributed by atoms with Crippen LogP contribution in [0.3, 0.4) is 0 Å². The molecule has 2 aliphatic carbocycles. The molecule has 0 spiro atoms. The van der Waals surface area contributed by atoms with Gasteiger partial charge in [-0.3, -0.25) is 0 Å². The monoisotopic (exact) mass is 255 g/mol. The average molecular weight is 256 g/mol. The third-order valence-corrected chi connectivity index (χ3v) is 6.07. The lowest BCUT2D eigenvalue weighted by Crippen LogP contribution is -2.32. The summed E-state index contributed by atoms with van der Waals surface area (Å²) in [5.74, 6) is 1.41. The van der Waals surface area contributed by atoms with Gasteiger partial charge in [-0.05, 0) is 37.2 Å². The quantitative estimate of drug-likeness (QED) is 0.462. The highest BCUT2D eigenvalue weighted by Crippen LogP contribution is 2.52. The molecule has 0 radical (unpaired) electrons. The molecule has 0 unspecified atom stereocenters. The van der Waals surface area contributed by atoms with Crippen molar-refractivity contribution >= 4 is 23.4 Å². The van der Waals surface area contributed by atoms with E-state index in [-0.39, 0.29) is 5.38 Å². The Kier molecular flexibility index (Phi) is 2.76. The molecule has 4 atom stereocenters. The van der Waals surface area contributed by atoms with Crippen molar-refractivity contribution in [1.82, 2.24) is 0 Å². The minimum absolute atomic E-state index is 0.254. The summed E-state index contributed by atoms with van der Waals surface area (Å²) in [5.41, 5.74) is 0. The number of pyridine rings is 1. The van der Waals surface area contributed by atoms with E-state index < -0.39 is 0 Å². The van der Waals surface area contributed by atoms with Gasteiger partial charge < -0.3 is 5.21 Å². The Bertz CT molecular complexity index is 398. The topological polar surface area (TPSA) is 26.9 Å². The zero-order valence-electron chi connectivity index (χ0n) is 8.88. The van der Waals surface area contributed by atoms with E-state index in [1.807, 2.05) is 12.1 Å². The predicted molar refractivity (Wildman–Crippen MR) is 65.5 cm³/mol. The van der Waals surface area contributed by atoms with Crippen molar-refractivity contribution < 1.29 is 4.73 Å². The second kappa shape index (κ2) is 4.11. The predicted octanol–water partition coefficient (Wildman–Crippen LogP) is 2.82. The molecule has 1 heterocycles. The Morgan fingerprint density at radius 2 is 2.12 bits per heavy atom. The van der Waals surface area contributed by atoms with E-state index >= 15 is 0 Å². The number of thioether (sulfide) groups is 1. The molecular formula is C12H14ClNOS. The van der Waals surface area contributed by atoms with Gasteiger partial charge in [-0.15, -0.1) is 11.6 Å². The molecular weight excluding hydrogens is 242 g/mol. The highest BCUT2D eigenvalue weighted by Gasteiger charge is 2.47. The maximum absolute atomic E-state index is 11.6. The Morgan fingerprint density at radius 1 is 1.31 bits per heavy atom. The molecule has 2 saturated carbocycles. The van der Waals surface area contributed by atoms with Crippen LogP contribution >= 0.6 is 23.4 Å². The van der Waals surface area contributed by atoms with Gasteiger partial charge >= 0.3 is 0 Å². The van der Waals surface area contributed by atoms with Gasteiger partial charge in [-0.1, -0.05) is 11.8 Å². The van der Waals surface area contributed by atoms with E-state index in [1.54, 1.807) is 24.0 Å². The minimum Gasteiger partial charge on any atom is -0.618 e. The summed E-state index contributed by atoms with van der Waals surface area (Å²) in [5, 5.41) is 13.0. The smallest absolute Gasteiger partial charge is 0.251 e. The van der Waals surface area contributed by atoms with Crippen LogP contribution in [-0.4, -0.2) is 10.6 Å². The number of aromatic nitrogens is 1. The number of hydrogen-bond acceptors (Lipinski definition) is 2. The first-order chi connectivity index (χ1) is 7.75. The molecule has 0 saturated heterocycles. The van der Waals surface area contributed by atoms with E-state index in [0.29, 0.717) is 11.2 Å². The number of hydrogen-bond donors (Lipinski definition) is 0. The second-order valence-corrected chi connectivity index (χ2v) is 6.43. The lowest BCUT2D eigenvalue weighted by Gasteiger charge is -2.24. The second-order valence-electron chi connectivity index (χ2n) is 4.72. The number of alkyl halides is 1. The fourth-order valence-electron chi connectivity index (χ4n) is 2.97. The molecule has 4 heteroatoms. The molecule has 3 rings (SSSR count). The van der Waals surface area contributed by atoms with E-state index in [9.17, 15) is 5.21 Å². The van der Waals surface area contributed by atoms with Gasteiger partial charge in [0.05, 0.1) is 0 Å². The Balaban J connectivity index is 1.78. The summed E-state index contributed by atoms with van der Waals surface area (Å²) >= 11 is 8.11. The normalized spacial score (nSPS) is 36.8. The molecule has 0 aliphatic heterocycles. The zero-order valence-corrected chi connectivity index (χ0v) is 10.5. The summed E-state index contributed by atoms with van der Waals surface area (Å²) in [4.78, 5) is 0. The van der Waals surface area contributed by atoms with Gasteiger partial charge in [0.25, 0.3) is 5.03 Å². The van der Waals surface area contributed by atoms with Gasteiger partial charge in [0.15, 0.2) is 6.20 Å². The van der Waals surface area contributed by atoms with Crippen LogP contribution in [0.2, 0.25) is 0 Å². The van der Waals surface area contributed by atoms with Crippen LogP contribution in [0, 0.1) is 17.0 Å². The van der Waals surface area contributed by atoms with Crippen LogP contribution in [0.4, 0.5) is 0 Å². The van der Waals surface area contributed by atoms with E-state index in [2.05, 4.69) is 0 Å². The Morgan fingerprint density at radius 3 is 2.81 bits per heavy atom. The molecule has 2 fully saturated rings. The standard InChI is InChI=1S/C12H14ClNOS/c13-11-8-4-5-9(7-8)12(11)16-10-3-1-2-6-14(10)15/h1-3,6,8-9,11-12H,4-5,7H2/t8-,9+,11+,12-/m0/s1. The molecule has 0 N–H and O–H groups in total. The third kappa shape index (κ3) is 1.70. The van der Waals surface area contributed by atoms with E-state index in [0.717, 1.165) is 15.7 Å². The molecule has 16 heavy (non-hydrogen) atoms. The molecule has 2 bridgehead atoms. The van der Waals surface area contributed by atoms with Crippen molar-refractivity contribution in [2.45, 2.75) is 34.9 Å².